The Morgan fingerprint density at radius 3 is 2.60 bits per heavy atom. The highest BCUT2D eigenvalue weighted by Crippen LogP contribution is 2.04. The Morgan fingerprint density at radius 2 is 2.30 bits per heavy atom. The zero-order valence-electron chi connectivity index (χ0n) is 6.00. The lowest BCUT2D eigenvalue weighted by Gasteiger charge is -2.09. The molecular weight excluding hydrogens is 156 g/mol. The van der Waals surface area contributed by atoms with E-state index in [2.05, 4.69) is 4.74 Å². The Bertz CT molecular complexity index is 114. The van der Waals surface area contributed by atoms with Crippen LogP contribution >= 0.6 is 11.6 Å². The number of aliphatic hydroxyl groups excluding tert-OH is 1. The summed E-state index contributed by atoms with van der Waals surface area (Å²) in [5, 5.41) is 7.84. The largest absolute Gasteiger partial charge is 0.465 e. The van der Waals surface area contributed by atoms with E-state index in [4.69, 9.17) is 16.7 Å². The molecule has 0 aliphatic carbocycles. The first-order chi connectivity index (χ1) is 4.59. The van der Waals surface area contributed by atoms with Gasteiger partial charge in [0.1, 0.15) is 0 Å². The highest BCUT2D eigenvalue weighted by molar-refractivity contribution is 6.30. The molecule has 4 heteroatoms. The highest BCUT2D eigenvalue weighted by Gasteiger charge is 2.21. The minimum Gasteiger partial charge on any atom is -0.465 e. The van der Waals surface area contributed by atoms with Crippen LogP contribution < -0.4 is 0 Å². The molecule has 60 valence electrons. The van der Waals surface area contributed by atoms with E-state index in [0.29, 0.717) is 0 Å². The number of carbonyl (C=O) groups excluding carboxylic acids is 1. The third-order valence-corrected chi connectivity index (χ3v) is 1.48. The van der Waals surface area contributed by atoms with Gasteiger partial charge in [-0.15, -0.1) is 11.6 Å². The number of aliphatic hydroxyl groups is 1. The van der Waals surface area contributed by atoms with Crippen LogP contribution in [0.3, 0.4) is 0 Å². The average molecular weight is 167 g/mol. The summed E-state index contributed by atoms with van der Waals surface area (Å²) in [5.41, 5.74) is 0. The van der Waals surface area contributed by atoms with Gasteiger partial charge < -0.3 is 9.84 Å². The number of esters is 1. The summed E-state index contributed by atoms with van der Waals surface area (Å²) >= 11 is 5.42. The molecule has 0 aliphatic rings. The SMILES string of the molecule is CCOC(=O)[C@H](Cl)C(C)O. The Morgan fingerprint density at radius 1 is 1.80 bits per heavy atom. The number of ether oxygens (including phenoxy) is 1. The molecule has 0 amide bonds. The molecule has 0 aromatic carbocycles. The molecule has 0 aromatic rings. The number of hydrogen-bond donors (Lipinski definition) is 1. The van der Waals surface area contributed by atoms with Crippen molar-refractivity contribution in [2.24, 2.45) is 0 Å². The molecule has 10 heavy (non-hydrogen) atoms. The van der Waals surface area contributed by atoms with Crippen molar-refractivity contribution in [1.29, 1.82) is 0 Å². The summed E-state index contributed by atoms with van der Waals surface area (Å²) in [5.74, 6) is -0.570. The number of halogens is 1. The Balaban J connectivity index is 3.71. The predicted molar refractivity (Wildman–Crippen MR) is 38.0 cm³/mol. The van der Waals surface area contributed by atoms with E-state index in [0.717, 1.165) is 0 Å². The van der Waals surface area contributed by atoms with Crippen LogP contribution in [0.15, 0.2) is 0 Å². The molecule has 1 N–H and O–H groups in total. The molecule has 0 bridgehead atoms. The maximum atomic E-state index is 10.7. The normalized spacial score (nSPS) is 16.0. The third-order valence-electron chi connectivity index (χ3n) is 0.935. The van der Waals surface area contributed by atoms with E-state index in [1.165, 1.54) is 6.92 Å². The van der Waals surface area contributed by atoms with Crippen LogP contribution in [0.25, 0.3) is 0 Å². The fraction of sp³-hybridized carbons (Fsp3) is 0.833. The van der Waals surface area contributed by atoms with Gasteiger partial charge in [0.05, 0.1) is 12.7 Å². The maximum Gasteiger partial charge on any atom is 0.326 e. The van der Waals surface area contributed by atoms with E-state index in [1.807, 2.05) is 0 Å². The van der Waals surface area contributed by atoms with E-state index in [-0.39, 0.29) is 6.61 Å². The van der Waals surface area contributed by atoms with Gasteiger partial charge in [0.15, 0.2) is 5.38 Å². The second-order valence-electron chi connectivity index (χ2n) is 1.89. The summed E-state index contributed by atoms with van der Waals surface area (Å²) in [6, 6.07) is 0. The zero-order chi connectivity index (χ0) is 8.15. The summed E-state index contributed by atoms with van der Waals surface area (Å²) in [4.78, 5) is 10.7. The molecule has 3 nitrogen and oxygen atoms in total. The van der Waals surface area contributed by atoms with Crippen molar-refractivity contribution in [1.82, 2.24) is 0 Å². The van der Waals surface area contributed by atoms with Crippen molar-refractivity contribution < 1.29 is 14.6 Å². The fourth-order valence-corrected chi connectivity index (χ4v) is 0.482. The van der Waals surface area contributed by atoms with Crippen molar-refractivity contribution in [3.05, 3.63) is 0 Å². The monoisotopic (exact) mass is 166 g/mol. The second-order valence-corrected chi connectivity index (χ2v) is 2.36. The summed E-state index contributed by atoms with van der Waals surface area (Å²) in [6.45, 7) is 3.41. The van der Waals surface area contributed by atoms with E-state index >= 15 is 0 Å². The minimum absolute atomic E-state index is 0.286. The molecule has 0 aromatic heterocycles. The van der Waals surface area contributed by atoms with Crippen molar-refractivity contribution in [2.45, 2.75) is 25.3 Å². The number of hydrogen-bond acceptors (Lipinski definition) is 3. The zero-order valence-corrected chi connectivity index (χ0v) is 6.76. The van der Waals surface area contributed by atoms with Gasteiger partial charge in [-0.3, -0.25) is 4.79 Å². The highest BCUT2D eigenvalue weighted by atomic mass is 35.5. The Kier molecular flexibility index (Phi) is 4.40. The van der Waals surface area contributed by atoms with Gasteiger partial charge in [0, 0.05) is 0 Å². The van der Waals surface area contributed by atoms with Crippen molar-refractivity contribution in [3.8, 4) is 0 Å². The standard InChI is InChI=1S/C6H11ClO3/c1-3-10-6(9)5(7)4(2)8/h4-5,8H,3H2,1-2H3/t4?,5-/m1/s1. The fourth-order valence-electron chi connectivity index (χ4n) is 0.419. The molecule has 0 fully saturated rings. The van der Waals surface area contributed by atoms with Crippen molar-refractivity contribution in [2.75, 3.05) is 6.61 Å². The lowest BCUT2D eigenvalue weighted by Crippen LogP contribution is -2.28. The lowest BCUT2D eigenvalue weighted by atomic mass is 10.3. The molecule has 0 radical (unpaired) electrons. The van der Waals surface area contributed by atoms with Crippen LogP contribution in [0.4, 0.5) is 0 Å². The average Bonchev–Trinajstić information content (AvgIpc) is 1.87. The van der Waals surface area contributed by atoms with Crippen LogP contribution in [-0.4, -0.2) is 29.2 Å². The van der Waals surface area contributed by atoms with Gasteiger partial charge in [0.2, 0.25) is 0 Å². The number of alkyl halides is 1. The van der Waals surface area contributed by atoms with Crippen LogP contribution in [0.2, 0.25) is 0 Å². The van der Waals surface area contributed by atoms with Crippen LogP contribution in [-0.2, 0) is 9.53 Å². The first-order valence-electron chi connectivity index (χ1n) is 3.08. The van der Waals surface area contributed by atoms with E-state index in [9.17, 15) is 4.79 Å². The summed E-state index contributed by atoms with van der Waals surface area (Å²) < 4.78 is 4.53. The number of rotatable bonds is 3. The predicted octanol–water partition coefficient (Wildman–Crippen LogP) is 0.538. The van der Waals surface area contributed by atoms with Crippen molar-refractivity contribution >= 4 is 17.6 Å². The molecule has 0 heterocycles. The van der Waals surface area contributed by atoms with Gasteiger partial charge >= 0.3 is 5.97 Å². The van der Waals surface area contributed by atoms with E-state index < -0.39 is 17.5 Å². The van der Waals surface area contributed by atoms with Crippen LogP contribution in [0.1, 0.15) is 13.8 Å². The maximum absolute atomic E-state index is 10.7. The summed E-state index contributed by atoms with van der Waals surface area (Å²) in [6.07, 6.45) is -0.860. The quantitative estimate of drug-likeness (QED) is 0.492. The Hall–Kier alpha value is -0.280. The molecule has 2 atom stereocenters. The topological polar surface area (TPSA) is 46.5 Å². The number of carbonyl (C=O) groups is 1. The van der Waals surface area contributed by atoms with Gasteiger partial charge in [-0.1, -0.05) is 0 Å². The minimum atomic E-state index is -0.944. The molecular formula is C6H11ClO3. The molecule has 0 saturated heterocycles. The first kappa shape index (κ1) is 9.72. The molecule has 0 spiro atoms. The molecule has 0 aliphatic heterocycles. The second kappa shape index (κ2) is 4.52. The van der Waals surface area contributed by atoms with Gasteiger partial charge in [-0.05, 0) is 13.8 Å². The van der Waals surface area contributed by atoms with Gasteiger partial charge in [-0.2, -0.15) is 0 Å². The smallest absolute Gasteiger partial charge is 0.326 e. The molecule has 0 saturated carbocycles. The third kappa shape index (κ3) is 3.03. The van der Waals surface area contributed by atoms with Crippen molar-refractivity contribution in [3.63, 3.8) is 0 Å². The Labute approximate surface area is 64.9 Å². The van der Waals surface area contributed by atoms with Gasteiger partial charge in [-0.25, -0.2) is 0 Å². The summed E-state index contributed by atoms with van der Waals surface area (Å²) in [7, 11) is 0. The van der Waals surface area contributed by atoms with Crippen LogP contribution in [0.5, 0.6) is 0 Å². The lowest BCUT2D eigenvalue weighted by molar-refractivity contribution is -0.144. The van der Waals surface area contributed by atoms with Crippen LogP contribution in [0, 0.1) is 0 Å². The molecule has 0 rings (SSSR count). The van der Waals surface area contributed by atoms with Gasteiger partial charge in [0.25, 0.3) is 0 Å². The van der Waals surface area contributed by atoms with E-state index in [1.54, 1.807) is 6.92 Å². The molecule has 1 unspecified atom stereocenters. The first-order valence-corrected chi connectivity index (χ1v) is 3.52.